The van der Waals surface area contributed by atoms with Crippen molar-refractivity contribution in [3.05, 3.63) is 28.6 Å². The molecule has 1 amide bonds. The normalized spacial score (nSPS) is 21.4. The maximum Gasteiger partial charge on any atom is 0.266 e. The number of amidine groups is 1. The van der Waals surface area contributed by atoms with E-state index >= 15 is 0 Å². The SMILES string of the molecule is CN=C1SC(=Cc2ccc(C)o2)C(=O)N1C. The third kappa shape index (κ3) is 1.90. The van der Waals surface area contributed by atoms with Crippen molar-refractivity contribution in [3.8, 4) is 0 Å². The van der Waals surface area contributed by atoms with Crippen molar-refractivity contribution in [1.82, 2.24) is 4.90 Å². The predicted octanol–water partition coefficient (Wildman–Crippen LogP) is 2.12. The summed E-state index contributed by atoms with van der Waals surface area (Å²) in [7, 11) is 3.39. The first-order valence-corrected chi connectivity index (χ1v) is 5.64. The fraction of sp³-hybridized carbons (Fsp3) is 0.273. The summed E-state index contributed by atoms with van der Waals surface area (Å²) < 4.78 is 5.40. The lowest BCUT2D eigenvalue weighted by atomic mass is 10.3. The Balaban J connectivity index is 2.30. The van der Waals surface area contributed by atoms with E-state index in [1.165, 1.54) is 16.7 Å². The van der Waals surface area contributed by atoms with Crippen LogP contribution in [-0.4, -0.2) is 30.1 Å². The number of nitrogens with zero attached hydrogens (tertiary/aromatic N) is 2. The van der Waals surface area contributed by atoms with E-state index in [0.717, 1.165) is 5.76 Å². The fourth-order valence-electron chi connectivity index (χ4n) is 1.41. The average molecular weight is 236 g/mol. The van der Waals surface area contributed by atoms with Crippen LogP contribution < -0.4 is 0 Å². The first kappa shape index (κ1) is 11.0. The van der Waals surface area contributed by atoms with E-state index in [1.54, 1.807) is 20.2 Å². The van der Waals surface area contributed by atoms with Crippen molar-refractivity contribution >= 4 is 28.9 Å². The van der Waals surface area contributed by atoms with Gasteiger partial charge in [0.25, 0.3) is 5.91 Å². The summed E-state index contributed by atoms with van der Waals surface area (Å²) in [5.41, 5.74) is 0. The molecule has 0 bridgehead atoms. The van der Waals surface area contributed by atoms with Gasteiger partial charge < -0.3 is 4.42 Å². The summed E-state index contributed by atoms with van der Waals surface area (Å²) in [5.74, 6) is 1.48. The molecule has 4 nitrogen and oxygen atoms in total. The summed E-state index contributed by atoms with van der Waals surface area (Å²) in [6, 6.07) is 3.71. The van der Waals surface area contributed by atoms with Gasteiger partial charge in [0.1, 0.15) is 11.5 Å². The summed E-state index contributed by atoms with van der Waals surface area (Å²) in [6.45, 7) is 1.87. The zero-order valence-corrected chi connectivity index (χ0v) is 10.2. The predicted molar refractivity (Wildman–Crippen MR) is 65.1 cm³/mol. The largest absolute Gasteiger partial charge is 0.462 e. The number of carbonyl (C=O) groups is 1. The van der Waals surface area contributed by atoms with Crippen molar-refractivity contribution in [1.29, 1.82) is 0 Å². The Morgan fingerprint density at radius 1 is 1.50 bits per heavy atom. The van der Waals surface area contributed by atoms with Gasteiger partial charge in [-0.1, -0.05) is 0 Å². The highest BCUT2D eigenvalue weighted by Crippen LogP contribution is 2.31. The van der Waals surface area contributed by atoms with Gasteiger partial charge in [0.05, 0.1) is 4.91 Å². The lowest BCUT2D eigenvalue weighted by molar-refractivity contribution is -0.121. The standard InChI is InChI=1S/C11H12N2O2S/c1-7-4-5-8(15-7)6-9-10(14)13(3)11(12-2)16-9/h4-6H,1-3H3. The minimum Gasteiger partial charge on any atom is -0.462 e. The smallest absolute Gasteiger partial charge is 0.266 e. The minimum absolute atomic E-state index is 0.0420. The minimum atomic E-state index is -0.0420. The number of rotatable bonds is 1. The van der Waals surface area contributed by atoms with Crippen molar-refractivity contribution in [2.45, 2.75) is 6.92 Å². The second-order valence-corrected chi connectivity index (χ2v) is 4.44. The fourth-order valence-corrected chi connectivity index (χ4v) is 2.32. The quantitative estimate of drug-likeness (QED) is 0.702. The highest BCUT2D eigenvalue weighted by atomic mass is 32.2. The Bertz CT molecular complexity index is 488. The number of thioether (sulfide) groups is 1. The van der Waals surface area contributed by atoms with Crippen LogP contribution in [0.25, 0.3) is 6.08 Å². The summed E-state index contributed by atoms with van der Waals surface area (Å²) in [5, 5.41) is 0.708. The van der Waals surface area contributed by atoms with Gasteiger partial charge in [-0.25, -0.2) is 0 Å². The molecule has 1 aromatic heterocycles. The zero-order valence-electron chi connectivity index (χ0n) is 9.35. The van der Waals surface area contributed by atoms with Crippen LogP contribution in [0.4, 0.5) is 0 Å². The molecule has 1 saturated heterocycles. The number of amides is 1. The Hall–Kier alpha value is -1.49. The topological polar surface area (TPSA) is 45.8 Å². The molecule has 0 aromatic carbocycles. The molecule has 16 heavy (non-hydrogen) atoms. The molecule has 5 heteroatoms. The first-order chi connectivity index (χ1) is 7.61. The Morgan fingerprint density at radius 2 is 2.25 bits per heavy atom. The molecule has 0 radical (unpaired) electrons. The van der Waals surface area contributed by atoms with Crippen LogP contribution in [0, 0.1) is 6.92 Å². The lowest BCUT2D eigenvalue weighted by Gasteiger charge is -2.04. The number of hydrogen-bond donors (Lipinski definition) is 0. The second-order valence-electron chi connectivity index (χ2n) is 3.43. The molecule has 0 aliphatic carbocycles. The first-order valence-electron chi connectivity index (χ1n) is 4.82. The van der Waals surface area contributed by atoms with Gasteiger partial charge in [0.15, 0.2) is 5.17 Å². The summed E-state index contributed by atoms with van der Waals surface area (Å²) in [4.78, 5) is 18.0. The van der Waals surface area contributed by atoms with Crippen LogP contribution in [0.1, 0.15) is 11.5 Å². The van der Waals surface area contributed by atoms with Crippen LogP contribution in [0.3, 0.4) is 0 Å². The average Bonchev–Trinajstić information content (AvgIpc) is 2.78. The summed E-state index contributed by atoms with van der Waals surface area (Å²) in [6.07, 6.45) is 1.74. The number of aryl methyl sites for hydroxylation is 1. The number of hydrogen-bond acceptors (Lipinski definition) is 4. The third-order valence-electron chi connectivity index (χ3n) is 2.23. The maximum atomic E-state index is 11.8. The van der Waals surface area contributed by atoms with Crippen molar-refractivity contribution in [2.24, 2.45) is 4.99 Å². The van der Waals surface area contributed by atoms with E-state index in [2.05, 4.69) is 4.99 Å². The highest BCUT2D eigenvalue weighted by molar-refractivity contribution is 8.18. The van der Waals surface area contributed by atoms with Crippen LogP contribution in [0.5, 0.6) is 0 Å². The van der Waals surface area contributed by atoms with E-state index in [1.807, 2.05) is 19.1 Å². The van der Waals surface area contributed by atoms with Crippen LogP contribution >= 0.6 is 11.8 Å². The Morgan fingerprint density at radius 3 is 2.75 bits per heavy atom. The maximum absolute atomic E-state index is 11.8. The number of carbonyl (C=O) groups excluding carboxylic acids is 1. The van der Waals surface area contributed by atoms with Gasteiger partial charge in [0, 0.05) is 20.2 Å². The van der Waals surface area contributed by atoms with Gasteiger partial charge in [0.2, 0.25) is 0 Å². The second kappa shape index (κ2) is 4.17. The monoisotopic (exact) mass is 236 g/mol. The zero-order chi connectivity index (χ0) is 11.7. The lowest BCUT2D eigenvalue weighted by Crippen LogP contribution is -2.23. The molecule has 0 spiro atoms. The van der Waals surface area contributed by atoms with Crippen molar-refractivity contribution in [2.75, 3.05) is 14.1 Å². The van der Waals surface area contributed by atoms with E-state index in [9.17, 15) is 4.79 Å². The van der Waals surface area contributed by atoms with Gasteiger partial charge in [-0.3, -0.25) is 14.7 Å². The molecule has 2 rings (SSSR count). The van der Waals surface area contributed by atoms with Crippen molar-refractivity contribution in [3.63, 3.8) is 0 Å². The highest BCUT2D eigenvalue weighted by Gasteiger charge is 2.29. The molecule has 0 atom stereocenters. The molecule has 2 heterocycles. The molecular formula is C11H12N2O2S. The van der Waals surface area contributed by atoms with E-state index in [0.29, 0.717) is 15.8 Å². The third-order valence-corrected chi connectivity index (χ3v) is 3.38. The van der Waals surface area contributed by atoms with Gasteiger partial charge in [-0.2, -0.15) is 0 Å². The number of furan rings is 1. The molecule has 0 saturated carbocycles. The van der Waals surface area contributed by atoms with Crippen LogP contribution in [-0.2, 0) is 4.79 Å². The molecule has 1 aliphatic rings. The van der Waals surface area contributed by atoms with Gasteiger partial charge >= 0.3 is 0 Å². The van der Waals surface area contributed by atoms with E-state index in [4.69, 9.17) is 4.42 Å². The molecule has 84 valence electrons. The van der Waals surface area contributed by atoms with Crippen LogP contribution in [0.15, 0.2) is 26.4 Å². The van der Waals surface area contributed by atoms with Crippen LogP contribution in [0.2, 0.25) is 0 Å². The molecule has 1 fully saturated rings. The molecule has 1 aliphatic heterocycles. The molecule has 0 unspecified atom stereocenters. The van der Waals surface area contributed by atoms with E-state index < -0.39 is 0 Å². The Kier molecular flexibility index (Phi) is 2.87. The number of aliphatic imine (C=N–C) groups is 1. The molecular weight excluding hydrogens is 224 g/mol. The van der Waals surface area contributed by atoms with Crippen molar-refractivity contribution < 1.29 is 9.21 Å². The number of likely N-dealkylation sites (N-methyl/N-ethyl adjacent to an activating group) is 1. The van der Waals surface area contributed by atoms with Gasteiger partial charge in [-0.15, -0.1) is 0 Å². The Labute approximate surface area is 98.0 Å². The summed E-state index contributed by atoms with van der Waals surface area (Å²) >= 11 is 1.36. The molecule has 1 aromatic rings. The van der Waals surface area contributed by atoms with Gasteiger partial charge in [-0.05, 0) is 30.8 Å². The van der Waals surface area contributed by atoms with E-state index in [-0.39, 0.29) is 5.91 Å². The molecule has 0 N–H and O–H groups in total.